The quantitative estimate of drug-likeness (QED) is 0.399. The second-order valence-electron chi connectivity index (χ2n) is 7.08. The molecule has 0 aliphatic carbocycles. The average molecular weight is 422 g/mol. The van der Waals surface area contributed by atoms with Crippen LogP contribution in [0, 0.1) is 20.8 Å². The Balaban J connectivity index is 1.80. The summed E-state index contributed by atoms with van der Waals surface area (Å²) in [5.74, 6) is -0.0958. The predicted molar refractivity (Wildman–Crippen MR) is 120 cm³/mol. The summed E-state index contributed by atoms with van der Waals surface area (Å²) in [5.41, 5.74) is 5.54. The molecular formula is C23H20ClN3OS. The van der Waals surface area contributed by atoms with Crippen LogP contribution >= 0.6 is 22.9 Å². The predicted octanol–water partition coefficient (Wildman–Crippen LogP) is 6.12. The minimum atomic E-state index is -0.0958. The number of pyridine rings is 1. The van der Waals surface area contributed by atoms with Crippen molar-refractivity contribution in [3.05, 3.63) is 87.7 Å². The summed E-state index contributed by atoms with van der Waals surface area (Å²) in [6.07, 6.45) is 1.73. The van der Waals surface area contributed by atoms with E-state index in [1.54, 1.807) is 11.1 Å². The van der Waals surface area contributed by atoms with Gasteiger partial charge in [0.15, 0.2) is 5.13 Å². The van der Waals surface area contributed by atoms with Gasteiger partial charge in [0.05, 0.1) is 22.5 Å². The molecule has 0 atom stereocenters. The van der Waals surface area contributed by atoms with Gasteiger partial charge in [-0.2, -0.15) is 0 Å². The Bertz CT molecular complexity index is 1200. The van der Waals surface area contributed by atoms with E-state index >= 15 is 0 Å². The maximum absolute atomic E-state index is 13.5. The van der Waals surface area contributed by atoms with Crippen molar-refractivity contribution in [3.63, 3.8) is 0 Å². The number of thiazole rings is 1. The lowest BCUT2D eigenvalue weighted by molar-refractivity contribution is 0.0984. The molecule has 0 aliphatic rings. The zero-order valence-electron chi connectivity index (χ0n) is 16.4. The number of aryl methyl sites for hydroxylation is 3. The Morgan fingerprint density at radius 3 is 2.59 bits per heavy atom. The Hall–Kier alpha value is -2.76. The van der Waals surface area contributed by atoms with Gasteiger partial charge in [0.1, 0.15) is 0 Å². The van der Waals surface area contributed by atoms with Crippen molar-refractivity contribution in [2.24, 2.45) is 0 Å². The number of hydrogen-bond donors (Lipinski definition) is 0. The molecule has 0 saturated carbocycles. The molecule has 2 aromatic heterocycles. The minimum Gasteiger partial charge on any atom is -0.278 e. The third-order valence-corrected chi connectivity index (χ3v) is 6.16. The summed E-state index contributed by atoms with van der Waals surface area (Å²) >= 11 is 7.69. The van der Waals surface area contributed by atoms with E-state index in [0.717, 1.165) is 32.6 Å². The SMILES string of the molecule is Cc1ccc(C(=O)N(Cc2ccccn2)c2nc3c(C)cc(Cl)cc3s2)cc1C. The molecule has 2 heterocycles. The number of carbonyl (C=O) groups excluding carboxylic acids is 1. The smallest absolute Gasteiger partial charge is 0.260 e. The van der Waals surface area contributed by atoms with E-state index in [2.05, 4.69) is 4.98 Å². The molecule has 29 heavy (non-hydrogen) atoms. The van der Waals surface area contributed by atoms with Crippen molar-refractivity contribution < 1.29 is 4.79 Å². The Kier molecular flexibility index (Phi) is 5.35. The van der Waals surface area contributed by atoms with Crippen molar-refractivity contribution >= 4 is 44.2 Å². The van der Waals surface area contributed by atoms with Gasteiger partial charge < -0.3 is 0 Å². The second-order valence-corrected chi connectivity index (χ2v) is 8.52. The molecule has 4 rings (SSSR count). The highest BCUT2D eigenvalue weighted by Gasteiger charge is 2.23. The van der Waals surface area contributed by atoms with E-state index in [4.69, 9.17) is 16.6 Å². The summed E-state index contributed by atoms with van der Waals surface area (Å²) in [6.45, 7) is 6.37. The Morgan fingerprint density at radius 1 is 1.03 bits per heavy atom. The second kappa shape index (κ2) is 7.93. The molecule has 0 radical (unpaired) electrons. The number of amides is 1. The van der Waals surface area contributed by atoms with Gasteiger partial charge in [0, 0.05) is 16.8 Å². The Labute approximate surface area is 178 Å². The van der Waals surface area contributed by atoms with Gasteiger partial charge in [0.2, 0.25) is 0 Å². The molecule has 0 fully saturated rings. The summed E-state index contributed by atoms with van der Waals surface area (Å²) in [6, 6.07) is 15.3. The highest BCUT2D eigenvalue weighted by molar-refractivity contribution is 7.22. The largest absolute Gasteiger partial charge is 0.278 e. The van der Waals surface area contributed by atoms with E-state index in [9.17, 15) is 4.79 Å². The number of aromatic nitrogens is 2. The molecule has 2 aromatic carbocycles. The molecule has 0 bridgehead atoms. The van der Waals surface area contributed by atoms with Crippen molar-refractivity contribution in [2.75, 3.05) is 4.90 Å². The number of carbonyl (C=O) groups is 1. The summed E-state index contributed by atoms with van der Waals surface area (Å²) < 4.78 is 0.962. The molecule has 6 heteroatoms. The summed E-state index contributed by atoms with van der Waals surface area (Å²) in [4.78, 5) is 24.4. The van der Waals surface area contributed by atoms with Crippen LogP contribution < -0.4 is 4.90 Å². The molecule has 4 aromatic rings. The standard InChI is InChI=1S/C23H20ClN3OS/c1-14-7-8-17(10-15(14)2)22(28)27(13-19-6-4-5-9-25-19)23-26-21-16(3)11-18(24)12-20(21)29-23/h4-12H,13H2,1-3H3. The molecule has 0 saturated heterocycles. The molecule has 1 amide bonds. The van der Waals surface area contributed by atoms with Crippen molar-refractivity contribution in [2.45, 2.75) is 27.3 Å². The highest BCUT2D eigenvalue weighted by atomic mass is 35.5. The average Bonchev–Trinajstić information content (AvgIpc) is 3.12. The molecule has 4 nitrogen and oxygen atoms in total. The normalized spacial score (nSPS) is 11.0. The lowest BCUT2D eigenvalue weighted by Crippen LogP contribution is -2.30. The van der Waals surface area contributed by atoms with Crippen LogP contribution in [0.2, 0.25) is 5.02 Å². The first-order valence-corrected chi connectivity index (χ1v) is 10.5. The van der Waals surface area contributed by atoms with Crippen molar-refractivity contribution in [1.29, 1.82) is 0 Å². The van der Waals surface area contributed by atoms with Crippen LogP contribution in [0.3, 0.4) is 0 Å². The van der Waals surface area contributed by atoms with Crippen LogP contribution in [-0.4, -0.2) is 15.9 Å². The molecule has 0 spiro atoms. The summed E-state index contributed by atoms with van der Waals surface area (Å²) in [5, 5.41) is 1.31. The molecule has 0 aliphatic heterocycles. The third-order valence-electron chi connectivity index (χ3n) is 4.92. The zero-order chi connectivity index (χ0) is 20.5. The van der Waals surface area contributed by atoms with E-state index in [-0.39, 0.29) is 5.91 Å². The van der Waals surface area contributed by atoms with Crippen LogP contribution in [0.15, 0.2) is 54.7 Å². The van der Waals surface area contributed by atoms with Gasteiger partial charge in [-0.1, -0.05) is 35.1 Å². The monoisotopic (exact) mass is 421 g/mol. The van der Waals surface area contributed by atoms with Gasteiger partial charge in [-0.15, -0.1) is 0 Å². The number of benzene rings is 2. The summed E-state index contributed by atoms with van der Waals surface area (Å²) in [7, 11) is 0. The van der Waals surface area contributed by atoms with Gasteiger partial charge >= 0.3 is 0 Å². The molecule has 0 unspecified atom stereocenters. The minimum absolute atomic E-state index is 0.0958. The van der Waals surface area contributed by atoms with Crippen LogP contribution in [0.25, 0.3) is 10.2 Å². The Morgan fingerprint density at radius 2 is 1.86 bits per heavy atom. The van der Waals surface area contributed by atoms with E-state index in [1.807, 2.05) is 69.3 Å². The van der Waals surface area contributed by atoms with Crippen LogP contribution in [-0.2, 0) is 6.54 Å². The third kappa shape index (κ3) is 4.02. The van der Waals surface area contributed by atoms with Gasteiger partial charge in [-0.3, -0.25) is 14.7 Å². The first kappa shape index (κ1) is 19.6. The maximum atomic E-state index is 13.5. The topological polar surface area (TPSA) is 46.1 Å². The van der Waals surface area contributed by atoms with Crippen LogP contribution in [0.5, 0.6) is 0 Å². The number of rotatable bonds is 4. The molecular weight excluding hydrogens is 402 g/mol. The number of halogens is 1. The molecule has 146 valence electrons. The maximum Gasteiger partial charge on any atom is 0.260 e. The molecule has 0 N–H and O–H groups in total. The first-order valence-electron chi connectivity index (χ1n) is 9.28. The van der Waals surface area contributed by atoms with Gasteiger partial charge in [-0.05, 0) is 73.9 Å². The van der Waals surface area contributed by atoms with Gasteiger partial charge in [-0.25, -0.2) is 4.98 Å². The van der Waals surface area contributed by atoms with E-state index in [1.165, 1.54) is 11.3 Å². The van der Waals surface area contributed by atoms with Crippen LogP contribution in [0.1, 0.15) is 32.7 Å². The van der Waals surface area contributed by atoms with E-state index in [0.29, 0.717) is 22.3 Å². The fourth-order valence-corrected chi connectivity index (χ4v) is 4.59. The fraction of sp³-hybridized carbons (Fsp3) is 0.174. The number of hydrogen-bond acceptors (Lipinski definition) is 4. The van der Waals surface area contributed by atoms with Crippen LogP contribution in [0.4, 0.5) is 5.13 Å². The number of nitrogens with zero attached hydrogens (tertiary/aromatic N) is 3. The number of fused-ring (bicyclic) bond motifs is 1. The zero-order valence-corrected chi connectivity index (χ0v) is 18.0. The number of anilines is 1. The van der Waals surface area contributed by atoms with Crippen molar-refractivity contribution in [3.8, 4) is 0 Å². The fourth-order valence-electron chi connectivity index (χ4n) is 3.17. The highest BCUT2D eigenvalue weighted by Crippen LogP contribution is 2.34. The van der Waals surface area contributed by atoms with Crippen molar-refractivity contribution in [1.82, 2.24) is 9.97 Å². The van der Waals surface area contributed by atoms with E-state index < -0.39 is 0 Å². The van der Waals surface area contributed by atoms with Gasteiger partial charge in [0.25, 0.3) is 5.91 Å². The lowest BCUT2D eigenvalue weighted by atomic mass is 10.1. The first-order chi connectivity index (χ1) is 13.9. The lowest BCUT2D eigenvalue weighted by Gasteiger charge is -2.20.